The van der Waals surface area contributed by atoms with Crippen molar-refractivity contribution >= 4 is 11.3 Å². The molecule has 0 bridgehead atoms. The molecule has 0 radical (unpaired) electrons. The lowest BCUT2D eigenvalue weighted by Gasteiger charge is -2.26. The van der Waals surface area contributed by atoms with Crippen molar-refractivity contribution in [2.45, 2.75) is 13.5 Å². The van der Waals surface area contributed by atoms with Crippen molar-refractivity contribution in [2.75, 3.05) is 26.3 Å². The van der Waals surface area contributed by atoms with E-state index in [2.05, 4.69) is 15.4 Å². The molecule has 5 heteroatoms. The van der Waals surface area contributed by atoms with Gasteiger partial charge >= 0.3 is 0 Å². The third-order valence-corrected chi connectivity index (χ3v) is 3.25. The van der Waals surface area contributed by atoms with Crippen molar-refractivity contribution in [3.8, 4) is 0 Å². The Balaban J connectivity index is 1.79. The lowest BCUT2D eigenvalue weighted by atomic mass is 10.4. The SMILES string of the molecule is Cc1ncsc1CNN1CCOCC1. The number of nitrogens with one attached hydrogen (secondary N) is 1. The first-order valence-electron chi connectivity index (χ1n) is 4.81. The van der Waals surface area contributed by atoms with Crippen LogP contribution in [-0.4, -0.2) is 36.3 Å². The summed E-state index contributed by atoms with van der Waals surface area (Å²) in [4.78, 5) is 5.53. The molecular weight excluding hydrogens is 198 g/mol. The number of hydrogen-bond donors (Lipinski definition) is 1. The van der Waals surface area contributed by atoms with Crippen molar-refractivity contribution in [1.29, 1.82) is 0 Å². The summed E-state index contributed by atoms with van der Waals surface area (Å²) in [5.74, 6) is 0. The number of rotatable bonds is 3. The van der Waals surface area contributed by atoms with Crippen LogP contribution < -0.4 is 5.43 Å². The molecule has 14 heavy (non-hydrogen) atoms. The standard InChI is InChI=1S/C9H15N3OS/c1-8-9(14-7-10-8)6-11-12-2-4-13-5-3-12/h7,11H,2-6H2,1H3. The highest BCUT2D eigenvalue weighted by molar-refractivity contribution is 7.09. The van der Waals surface area contributed by atoms with Crippen molar-refractivity contribution in [2.24, 2.45) is 0 Å². The normalized spacial score (nSPS) is 18.6. The second-order valence-electron chi connectivity index (χ2n) is 3.30. The second-order valence-corrected chi connectivity index (χ2v) is 4.23. The molecule has 1 fully saturated rings. The first-order valence-corrected chi connectivity index (χ1v) is 5.69. The zero-order valence-corrected chi connectivity index (χ0v) is 9.14. The lowest BCUT2D eigenvalue weighted by Crippen LogP contribution is -2.45. The molecule has 1 saturated heterocycles. The zero-order chi connectivity index (χ0) is 9.80. The first kappa shape index (κ1) is 10.0. The summed E-state index contributed by atoms with van der Waals surface area (Å²) in [5, 5.41) is 2.21. The van der Waals surface area contributed by atoms with Gasteiger partial charge in [0.1, 0.15) is 0 Å². The fourth-order valence-corrected chi connectivity index (χ4v) is 2.11. The second kappa shape index (κ2) is 4.84. The summed E-state index contributed by atoms with van der Waals surface area (Å²) in [7, 11) is 0. The number of hydrazine groups is 1. The van der Waals surface area contributed by atoms with Crippen LogP contribution in [0.4, 0.5) is 0 Å². The van der Waals surface area contributed by atoms with Gasteiger partial charge in [0.2, 0.25) is 0 Å². The summed E-state index contributed by atoms with van der Waals surface area (Å²) in [6.07, 6.45) is 0. The van der Waals surface area contributed by atoms with Gasteiger partial charge < -0.3 is 4.74 Å². The minimum atomic E-state index is 0.828. The van der Waals surface area contributed by atoms with Gasteiger partial charge in [-0.2, -0.15) is 0 Å². The number of aryl methyl sites for hydroxylation is 1. The summed E-state index contributed by atoms with van der Waals surface area (Å²) >= 11 is 1.71. The highest BCUT2D eigenvalue weighted by Crippen LogP contribution is 2.11. The molecule has 1 aromatic rings. The maximum atomic E-state index is 5.27. The molecule has 0 atom stereocenters. The molecule has 0 spiro atoms. The number of hydrogen-bond acceptors (Lipinski definition) is 5. The molecule has 0 unspecified atom stereocenters. The largest absolute Gasteiger partial charge is 0.379 e. The average molecular weight is 213 g/mol. The van der Waals surface area contributed by atoms with Crippen LogP contribution >= 0.6 is 11.3 Å². The monoisotopic (exact) mass is 213 g/mol. The van der Waals surface area contributed by atoms with E-state index in [4.69, 9.17) is 4.74 Å². The molecule has 2 rings (SSSR count). The Hall–Kier alpha value is -0.490. The van der Waals surface area contributed by atoms with E-state index >= 15 is 0 Å². The van der Waals surface area contributed by atoms with E-state index in [1.165, 1.54) is 4.88 Å². The van der Waals surface area contributed by atoms with E-state index in [0.717, 1.165) is 38.5 Å². The van der Waals surface area contributed by atoms with Crippen LogP contribution in [0.15, 0.2) is 5.51 Å². The summed E-state index contributed by atoms with van der Waals surface area (Å²) in [6.45, 7) is 6.53. The highest BCUT2D eigenvalue weighted by Gasteiger charge is 2.10. The van der Waals surface area contributed by atoms with Gasteiger partial charge in [-0.3, -0.25) is 0 Å². The Morgan fingerprint density at radius 1 is 1.57 bits per heavy atom. The van der Waals surface area contributed by atoms with Crippen LogP contribution in [0.5, 0.6) is 0 Å². The molecule has 78 valence electrons. The van der Waals surface area contributed by atoms with Gasteiger partial charge in [-0.05, 0) is 6.92 Å². The predicted octanol–water partition coefficient (Wildman–Crippen LogP) is 0.788. The van der Waals surface area contributed by atoms with Crippen LogP contribution in [0, 0.1) is 6.92 Å². The summed E-state index contributed by atoms with van der Waals surface area (Å²) in [5.41, 5.74) is 6.42. The van der Waals surface area contributed by atoms with Gasteiger partial charge in [0.15, 0.2) is 0 Å². The molecular formula is C9H15N3OS. The number of thiazole rings is 1. The lowest BCUT2D eigenvalue weighted by molar-refractivity contribution is 0.0107. The van der Waals surface area contributed by atoms with Crippen molar-refractivity contribution in [3.05, 3.63) is 16.1 Å². The van der Waals surface area contributed by atoms with Crippen LogP contribution in [-0.2, 0) is 11.3 Å². The highest BCUT2D eigenvalue weighted by atomic mass is 32.1. The maximum Gasteiger partial charge on any atom is 0.0798 e. The van der Waals surface area contributed by atoms with Gasteiger partial charge in [-0.15, -0.1) is 11.3 Å². The Morgan fingerprint density at radius 2 is 2.36 bits per heavy atom. The Morgan fingerprint density at radius 3 is 3.00 bits per heavy atom. The van der Waals surface area contributed by atoms with E-state index in [0.29, 0.717) is 0 Å². The third-order valence-electron chi connectivity index (χ3n) is 2.32. The fraction of sp³-hybridized carbons (Fsp3) is 0.667. The van der Waals surface area contributed by atoms with E-state index in [-0.39, 0.29) is 0 Å². The number of ether oxygens (including phenoxy) is 1. The van der Waals surface area contributed by atoms with Crippen LogP contribution in [0.2, 0.25) is 0 Å². The maximum absolute atomic E-state index is 5.27. The predicted molar refractivity (Wildman–Crippen MR) is 56.1 cm³/mol. The Kier molecular flexibility index (Phi) is 3.47. The van der Waals surface area contributed by atoms with Crippen molar-refractivity contribution in [3.63, 3.8) is 0 Å². The van der Waals surface area contributed by atoms with E-state index in [1.807, 2.05) is 12.4 Å². The molecule has 0 aromatic carbocycles. The van der Waals surface area contributed by atoms with E-state index < -0.39 is 0 Å². The molecule has 0 saturated carbocycles. The smallest absolute Gasteiger partial charge is 0.0798 e. The van der Waals surface area contributed by atoms with Gasteiger partial charge in [0.05, 0.1) is 24.4 Å². The van der Waals surface area contributed by atoms with Crippen LogP contribution in [0.1, 0.15) is 10.6 Å². The van der Waals surface area contributed by atoms with Crippen molar-refractivity contribution in [1.82, 2.24) is 15.4 Å². The molecule has 1 N–H and O–H groups in total. The van der Waals surface area contributed by atoms with Gasteiger partial charge in [0.25, 0.3) is 0 Å². The summed E-state index contributed by atoms with van der Waals surface area (Å²) < 4.78 is 5.27. The van der Waals surface area contributed by atoms with Crippen LogP contribution in [0.3, 0.4) is 0 Å². The molecule has 1 aromatic heterocycles. The first-order chi connectivity index (χ1) is 6.86. The number of nitrogens with zero attached hydrogens (tertiary/aromatic N) is 2. The van der Waals surface area contributed by atoms with E-state index in [1.54, 1.807) is 11.3 Å². The number of morpholine rings is 1. The van der Waals surface area contributed by atoms with Crippen molar-refractivity contribution < 1.29 is 4.74 Å². The van der Waals surface area contributed by atoms with Gasteiger partial charge in [0, 0.05) is 24.5 Å². The molecule has 0 aliphatic carbocycles. The van der Waals surface area contributed by atoms with E-state index in [9.17, 15) is 0 Å². The van der Waals surface area contributed by atoms with Gasteiger partial charge in [-0.1, -0.05) is 0 Å². The minimum absolute atomic E-state index is 0.828. The quantitative estimate of drug-likeness (QED) is 0.805. The third kappa shape index (κ3) is 2.51. The fourth-order valence-electron chi connectivity index (χ4n) is 1.40. The molecule has 1 aliphatic rings. The Bertz CT molecular complexity index is 283. The average Bonchev–Trinajstić information content (AvgIpc) is 2.63. The molecule has 1 aliphatic heterocycles. The molecule has 4 nitrogen and oxygen atoms in total. The number of aromatic nitrogens is 1. The minimum Gasteiger partial charge on any atom is -0.379 e. The molecule has 0 amide bonds. The molecule has 2 heterocycles. The zero-order valence-electron chi connectivity index (χ0n) is 8.32. The summed E-state index contributed by atoms with van der Waals surface area (Å²) in [6, 6.07) is 0. The van der Waals surface area contributed by atoms with Crippen LogP contribution in [0.25, 0.3) is 0 Å². The van der Waals surface area contributed by atoms with Gasteiger partial charge in [-0.25, -0.2) is 15.4 Å². The topological polar surface area (TPSA) is 37.4 Å². The Labute approximate surface area is 87.9 Å².